The minimum Gasteiger partial charge on any atom is -0.494 e. The highest BCUT2D eigenvalue weighted by Crippen LogP contribution is 2.30. The molecule has 0 bridgehead atoms. The van der Waals surface area contributed by atoms with E-state index in [0.717, 1.165) is 12.3 Å². The first-order chi connectivity index (χ1) is 15.2. The number of benzene rings is 1. The maximum absolute atomic E-state index is 12.7. The Kier molecular flexibility index (Phi) is 7.37. The van der Waals surface area contributed by atoms with Crippen molar-refractivity contribution < 1.29 is 32.2 Å². The quantitative estimate of drug-likeness (QED) is 0.456. The third-order valence-electron chi connectivity index (χ3n) is 5.34. The van der Waals surface area contributed by atoms with Crippen LogP contribution in [0.2, 0.25) is 0 Å². The summed E-state index contributed by atoms with van der Waals surface area (Å²) >= 11 is 0. The van der Waals surface area contributed by atoms with Crippen molar-refractivity contribution in [1.82, 2.24) is 4.98 Å². The molecule has 0 unspecified atom stereocenters. The molecule has 1 aromatic carbocycles. The molecule has 1 aliphatic rings. The summed E-state index contributed by atoms with van der Waals surface area (Å²) in [7, 11) is 0. The van der Waals surface area contributed by atoms with Crippen LogP contribution in [0.3, 0.4) is 0 Å². The number of hydrogen-bond acceptors (Lipinski definition) is 6. The number of carbonyl (C=O) groups excluding carboxylic acids is 2. The predicted octanol–water partition coefficient (Wildman–Crippen LogP) is 4.53. The van der Waals surface area contributed by atoms with Gasteiger partial charge in [-0.25, -0.2) is 4.98 Å². The smallest absolute Gasteiger partial charge is 0.417 e. The molecule has 6 nitrogen and oxygen atoms in total. The Balaban J connectivity index is 1.51. The zero-order chi connectivity index (χ0) is 23.3. The van der Waals surface area contributed by atoms with Crippen molar-refractivity contribution in [3.8, 4) is 5.75 Å². The van der Waals surface area contributed by atoms with E-state index in [2.05, 4.69) is 4.98 Å². The van der Waals surface area contributed by atoms with Gasteiger partial charge in [-0.2, -0.15) is 13.2 Å². The Morgan fingerprint density at radius 1 is 1.12 bits per heavy atom. The Morgan fingerprint density at radius 3 is 2.31 bits per heavy atom. The average molecular weight is 450 g/mol. The maximum Gasteiger partial charge on any atom is 0.417 e. The van der Waals surface area contributed by atoms with Crippen LogP contribution in [0.5, 0.6) is 5.75 Å². The standard InChI is InChI=1S/C23H25F3N2O4/c1-3-31-19-7-4-16(5-8-19)21(29)15(2)32-22(30)17-10-12-28(13-11-17)20-9-6-18(14-27-20)23(24,25)26/h4-9,14-15,17H,3,10-13H2,1-2H3/t15-/m0/s1. The Labute approximate surface area is 184 Å². The van der Waals surface area contributed by atoms with E-state index in [1.54, 1.807) is 24.3 Å². The normalized spacial score (nSPS) is 15.8. The van der Waals surface area contributed by atoms with Crippen LogP contribution in [-0.2, 0) is 15.7 Å². The fourth-order valence-electron chi connectivity index (χ4n) is 3.53. The van der Waals surface area contributed by atoms with Crippen molar-refractivity contribution >= 4 is 17.6 Å². The fraction of sp³-hybridized carbons (Fsp3) is 0.435. The van der Waals surface area contributed by atoms with Crippen molar-refractivity contribution in [2.24, 2.45) is 5.92 Å². The number of alkyl halides is 3. The van der Waals surface area contributed by atoms with Crippen LogP contribution in [0.15, 0.2) is 42.6 Å². The third-order valence-corrected chi connectivity index (χ3v) is 5.34. The lowest BCUT2D eigenvalue weighted by Crippen LogP contribution is -2.38. The molecule has 1 fully saturated rings. The van der Waals surface area contributed by atoms with Crippen LogP contribution in [0.1, 0.15) is 42.6 Å². The summed E-state index contributed by atoms with van der Waals surface area (Å²) in [6.45, 7) is 4.84. The number of hydrogen-bond donors (Lipinski definition) is 0. The number of halogens is 3. The van der Waals surface area contributed by atoms with Gasteiger partial charge < -0.3 is 14.4 Å². The molecule has 1 aliphatic heterocycles. The number of pyridine rings is 1. The highest BCUT2D eigenvalue weighted by Gasteiger charge is 2.32. The molecule has 9 heteroatoms. The third kappa shape index (κ3) is 5.77. The first kappa shape index (κ1) is 23.6. The number of piperidine rings is 1. The molecule has 1 aromatic heterocycles. The van der Waals surface area contributed by atoms with Gasteiger partial charge in [0.15, 0.2) is 6.10 Å². The minimum absolute atomic E-state index is 0.298. The molecule has 0 amide bonds. The Morgan fingerprint density at radius 2 is 1.78 bits per heavy atom. The van der Waals surface area contributed by atoms with Crippen molar-refractivity contribution in [2.75, 3.05) is 24.6 Å². The van der Waals surface area contributed by atoms with Crippen LogP contribution >= 0.6 is 0 Å². The summed E-state index contributed by atoms with van der Waals surface area (Å²) in [5.74, 6) is -0.0345. The van der Waals surface area contributed by atoms with Gasteiger partial charge >= 0.3 is 12.1 Å². The van der Waals surface area contributed by atoms with E-state index >= 15 is 0 Å². The van der Waals surface area contributed by atoms with Crippen molar-refractivity contribution in [2.45, 2.75) is 39.0 Å². The van der Waals surface area contributed by atoms with E-state index in [9.17, 15) is 22.8 Å². The summed E-state index contributed by atoms with van der Waals surface area (Å²) in [6.07, 6.45) is -3.61. The highest BCUT2D eigenvalue weighted by atomic mass is 19.4. The summed E-state index contributed by atoms with van der Waals surface area (Å²) in [4.78, 5) is 30.8. The number of rotatable bonds is 7. The largest absolute Gasteiger partial charge is 0.494 e. The van der Waals surface area contributed by atoms with Gasteiger partial charge in [0.1, 0.15) is 11.6 Å². The number of esters is 1. The molecular weight excluding hydrogens is 425 g/mol. The number of carbonyl (C=O) groups is 2. The predicted molar refractivity (Wildman–Crippen MR) is 112 cm³/mol. The van der Waals surface area contributed by atoms with Gasteiger partial charge in [0.05, 0.1) is 18.1 Å². The second-order valence-corrected chi connectivity index (χ2v) is 7.56. The fourth-order valence-corrected chi connectivity index (χ4v) is 3.53. The van der Waals surface area contributed by atoms with E-state index in [1.165, 1.54) is 13.0 Å². The van der Waals surface area contributed by atoms with E-state index in [4.69, 9.17) is 9.47 Å². The second-order valence-electron chi connectivity index (χ2n) is 7.56. The topological polar surface area (TPSA) is 68.7 Å². The number of anilines is 1. The van der Waals surface area contributed by atoms with Crippen LogP contribution in [0.4, 0.5) is 19.0 Å². The zero-order valence-electron chi connectivity index (χ0n) is 17.9. The summed E-state index contributed by atoms with van der Waals surface area (Å²) < 4.78 is 48.8. The molecule has 2 aromatic rings. The molecule has 0 N–H and O–H groups in total. The second kappa shape index (κ2) is 10.0. The van der Waals surface area contributed by atoms with Crippen LogP contribution in [-0.4, -0.2) is 42.5 Å². The lowest BCUT2D eigenvalue weighted by molar-refractivity contribution is -0.152. The van der Waals surface area contributed by atoms with E-state index in [0.29, 0.717) is 49.7 Å². The number of Topliss-reactive ketones (excluding diaryl/α,β-unsaturated/α-hetero) is 1. The first-order valence-electron chi connectivity index (χ1n) is 10.4. The van der Waals surface area contributed by atoms with Crippen molar-refractivity contribution in [1.29, 1.82) is 0 Å². The molecule has 3 rings (SSSR count). The van der Waals surface area contributed by atoms with E-state index < -0.39 is 23.8 Å². The van der Waals surface area contributed by atoms with Gasteiger partial charge in [-0.1, -0.05) is 0 Å². The van der Waals surface area contributed by atoms with Gasteiger partial charge in [-0.15, -0.1) is 0 Å². The summed E-state index contributed by atoms with van der Waals surface area (Å²) in [6, 6.07) is 8.98. The van der Waals surface area contributed by atoms with Gasteiger partial charge in [0, 0.05) is 24.8 Å². The van der Waals surface area contributed by atoms with Gasteiger partial charge in [0.25, 0.3) is 0 Å². The average Bonchev–Trinajstić information content (AvgIpc) is 2.79. The number of nitrogens with zero attached hydrogens (tertiary/aromatic N) is 2. The molecule has 1 atom stereocenters. The molecule has 1 saturated heterocycles. The number of ether oxygens (including phenoxy) is 2. The zero-order valence-corrected chi connectivity index (χ0v) is 17.9. The van der Waals surface area contributed by atoms with Crippen LogP contribution in [0.25, 0.3) is 0 Å². The van der Waals surface area contributed by atoms with Crippen molar-refractivity contribution in [3.05, 3.63) is 53.7 Å². The highest BCUT2D eigenvalue weighted by molar-refractivity contribution is 6.00. The Bertz CT molecular complexity index is 922. The maximum atomic E-state index is 12.7. The first-order valence-corrected chi connectivity index (χ1v) is 10.4. The minimum atomic E-state index is -4.43. The van der Waals surface area contributed by atoms with Gasteiger partial charge in [0.2, 0.25) is 5.78 Å². The van der Waals surface area contributed by atoms with Gasteiger partial charge in [-0.3, -0.25) is 9.59 Å². The number of aromatic nitrogens is 1. The van der Waals surface area contributed by atoms with E-state index in [1.807, 2.05) is 11.8 Å². The van der Waals surface area contributed by atoms with Gasteiger partial charge in [-0.05, 0) is 63.1 Å². The number of ketones is 1. The summed E-state index contributed by atoms with van der Waals surface area (Å²) in [5, 5.41) is 0. The molecular formula is C23H25F3N2O4. The molecule has 0 saturated carbocycles. The summed E-state index contributed by atoms with van der Waals surface area (Å²) in [5.41, 5.74) is -0.372. The molecule has 0 radical (unpaired) electrons. The molecule has 32 heavy (non-hydrogen) atoms. The lowest BCUT2D eigenvalue weighted by Gasteiger charge is -2.32. The molecule has 0 spiro atoms. The molecule has 172 valence electrons. The van der Waals surface area contributed by atoms with Crippen molar-refractivity contribution in [3.63, 3.8) is 0 Å². The Hall–Kier alpha value is -3.10. The van der Waals surface area contributed by atoms with Crippen LogP contribution in [0, 0.1) is 5.92 Å². The SMILES string of the molecule is CCOc1ccc(C(=O)[C@H](C)OC(=O)C2CCN(c3ccc(C(F)(F)F)cn3)CC2)cc1. The monoisotopic (exact) mass is 450 g/mol. The molecule has 0 aliphatic carbocycles. The molecule has 2 heterocycles. The van der Waals surface area contributed by atoms with E-state index in [-0.39, 0.29) is 11.7 Å². The van der Waals surface area contributed by atoms with Crippen LogP contribution < -0.4 is 9.64 Å². The lowest BCUT2D eigenvalue weighted by atomic mass is 9.96.